The molecular weight excluding hydrogens is 356 g/mol. The summed E-state index contributed by atoms with van der Waals surface area (Å²) in [5.74, 6) is -0.276. The zero-order chi connectivity index (χ0) is 20.7. The number of aromatic hydroxyl groups is 1. The van der Waals surface area contributed by atoms with E-state index in [4.69, 9.17) is 4.74 Å². The van der Waals surface area contributed by atoms with Crippen molar-refractivity contribution in [1.82, 2.24) is 4.57 Å². The molecule has 0 radical (unpaired) electrons. The van der Waals surface area contributed by atoms with Gasteiger partial charge < -0.3 is 9.84 Å². The van der Waals surface area contributed by atoms with E-state index in [0.29, 0.717) is 24.3 Å². The third kappa shape index (κ3) is 4.42. The Morgan fingerprint density at radius 3 is 2.64 bits per heavy atom. The minimum atomic E-state index is -0.565. The molecule has 0 aliphatic heterocycles. The highest BCUT2D eigenvalue weighted by Crippen LogP contribution is 2.26. The number of aromatic nitrogens is 1. The predicted molar refractivity (Wildman–Crippen MR) is 107 cm³/mol. The Bertz CT molecular complexity index is 954. The molecular formula is C22H26N2O4. The third-order valence-electron chi connectivity index (χ3n) is 4.58. The third-order valence-corrected chi connectivity index (χ3v) is 4.58. The fourth-order valence-corrected chi connectivity index (χ4v) is 3.04. The van der Waals surface area contributed by atoms with E-state index in [1.807, 2.05) is 19.9 Å². The van der Waals surface area contributed by atoms with Crippen LogP contribution in [0.3, 0.4) is 0 Å². The quantitative estimate of drug-likeness (QED) is 0.524. The summed E-state index contributed by atoms with van der Waals surface area (Å²) >= 11 is 0. The average molecular weight is 382 g/mol. The Morgan fingerprint density at radius 1 is 1.25 bits per heavy atom. The number of hydrogen-bond donors (Lipinski definition) is 1. The first-order chi connectivity index (χ1) is 13.5. The molecule has 0 aliphatic carbocycles. The van der Waals surface area contributed by atoms with Crippen molar-refractivity contribution in [3.05, 3.63) is 56.9 Å². The van der Waals surface area contributed by atoms with Crippen molar-refractivity contribution in [2.75, 3.05) is 6.61 Å². The number of hydrogen-bond acceptors (Lipinski definition) is 5. The van der Waals surface area contributed by atoms with Gasteiger partial charge in [-0.1, -0.05) is 38.8 Å². The molecule has 1 heterocycles. The molecule has 0 spiro atoms. The maximum Gasteiger partial charge on any atom is 0.271 e. The highest BCUT2D eigenvalue weighted by atomic mass is 16.5. The van der Waals surface area contributed by atoms with Gasteiger partial charge in [-0.05, 0) is 37.5 Å². The van der Waals surface area contributed by atoms with Gasteiger partial charge in [0, 0.05) is 12.1 Å². The van der Waals surface area contributed by atoms with Crippen molar-refractivity contribution in [2.24, 2.45) is 0 Å². The maximum atomic E-state index is 13.1. The standard InChI is InChI=1S/C22H26N2O4/c1-4-6-7-11-24-21(26)18(14-23)15(3)19(22(24)27)20(25)16-9-8-10-17(13-16)28-12-5-2/h8-10,13,27H,4-7,11-12H2,1-3H3. The van der Waals surface area contributed by atoms with Crippen LogP contribution in [-0.4, -0.2) is 22.1 Å². The molecule has 0 fully saturated rings. The number of ketones is 1. The van der Waals surface area contributed by atoms with Gasteiger partial charge in [-0.25, -0.2) is 0 Å². The Kier molecular flexibility index (Phi) is 7.39. The molecule has 148 valence electrons. The molecule has 2 aromatic rings. The van der Waals surface area contributed by atoms with E-state index >= 15 is 0 Å². The molecule has 0 saturated carbocycles. The number of rotatable bonds is 9. The largest absolute Gasteiger partial charge is 0.494 e. The first kappa shape index (κ1) is 21.2. The van der Waals surface area contributed by atoms with Crippen LogP contribution in [0.15, 0.2) is 29.1 Å². The lowest BCUT2D eigenvalue weighted by atomic mass is 9.97. The fraction of sp³-hybridized carbons (Fsp3) is 0.409. The number of unbranched alkanes of at least 4 members (excludes halogenated alkanes) is 2. The van der Waals surface area contributed by atoms with Gasteiger partial charge in [0.2, 0.25) is 5.88 Å². The number of nitrogens with zero attached hydrogens (tertiary/aromatic N) is 2. The van der Waals surface area contributed by atoms with Crippen LogP contribution in [0.1, 0.15) is 66.6 Å². The second-order valence-electron chi connectivity index (χ2n) is 6.68. The lowest BCUT2D eigenvalue weighted by Gasteiger charge is -2.16. The number of carbonyl (C=O) groups excluding carboxylic acids is 1. The van der Waals surface area contributed by atoms with E-state index in [1.54, 1.807) is 24.3 Å². The molecule has 0 aliphatic rings. The molecule has 0 bridgehead atoms. The number of ether oxygens (including phenoxy) is 1. The van der Waals surface area contributed by atoms with Crippen molar-refractivity contribution in [1.29, 1.82) is 5.26 Å². The number of pyridine rings is 1. The van der Waals surface area contributed by atoms with Gasteiger partial charge in [-0.15, -0.1) is 0 Å². The smallest absolute Gasteiger partial charge is 0.271 e. The topological polar surface area (TPSA) is 92.3 Å². The van der Waals surface area contributed by atoms with Gasteiger partial charge in [0.1, 0.15) is 17.4 Å². The number of carbonyl (C=O) groups is 1. The average Bonchev–Trinajstić information content (AvgIpc) is 2.69. The highest BCUT2D eigenvalue weighted by molar-refractivity contribution is 6.11. The Balaban J connectivity index is 2.55. The molecule has 0 saturated heterocycles. The van der Waals surface area contributed by atoms with Crippen LogP contribution in [0.2, 0.25) is 0 Å². The zero-order valence-electron chi connectivity index (χ0n) is 16.6. The molecule has 6 nitrogen and oxygen atoms in total. The molecule has 6 heteroatoms. The van der Waals surface area contributed by atoms with E-state index in [1.165, 1.54) is 6.92 Å². The first-order valence-corrected chi connectivity index (χ1v) is 9.60. The van der Waals surface area contributed by atoms with Gasteiger partial charge in [0.15, 0.2) is 5.78 Å². The number of nitriles is 1. The van der Waals surface area contributed by atoms with Crippen LogP contribution in [0.4, 0.5) is 0 Å². The predicted octanol–water partition coefficient (Wildman–Crippen LogP) is 3.94. The van der Waals surface area contributed by atoms with E-state index < -0.39 is 11.3 Å². The molecule has 0 atom stereocenters. The van der Waals surface area contributed by atoms with Gasteiger partial charge in [-0.3, -0.25) is 14.2 Å². The summed E-state index contributed by atoms with van der Waals surface area (Å²) in [6, 6.07) is 8.57. The van der Waals surface area contributed by atoms with Crippen LogP contribution >= 0.6 is 0 Å². The van der Waals surface area contributed by atoms with Crippen LogP contribution < -0.4 is 10.3 Å². The summed E-state index contributed by atoms with van der Waals surface area (Å²) in [5.41, 5.74) is -0.169. The Labute approximate surface area is 165 Å². The van der Waals surface area contributed by atoms with Crippen molar-refractivity contribution in [2.45, 2.75) is 53.0 Å². The highest BCUT2D eigenvalue weighted by Gasteiger charge is 2.25. The van der Waals surface area contributed by atoms with Gasteiger partial charge in [0.25, 0.3) is 5.56 Å². The summed E-state index contributed by atoms with van der Waals surface area (Å²) in [7, 11) is 0. The molecule has 1 aromatic carbocycles. The van der Waals surface area contributed by atoms with Crippen molar-refractivity contribution in [3.8, 4) is 17.7 Å². The minimum absolute atomic E-state index is 0.0136. The lowest BCUT2D eigenvalue weighted by molar-refractivity contribution is 0.103. The fourth-order valence-electron chi connectivity index (χ4n) is 3.04. The van der Waals surface area contributed by atoms with Crippen molar-refractivity contribution in [3.63, 3.8) is 0 Å². The normalized spacial score (nSPS) is 10.5. The molecule has 0 unspecified atom stereocenters. The number of benzene rings is 1. The van der Waals surface area contributed by atoms with E-state index in [0.717, 1.165) is 23.8 Å². The SMILES string of the molecule is CCCCCn1c(O)c(C(=O)c2cccc(OCCC)c2)c(C)c(C#N)c1=O. The first-order valence-electron chi connectivity index (χ1n) is 9.60. The van der Waals surface area contributed by atoms with Crippen LogP contribution in [-0.2, 0) is 6.54 Å². The van der Waals surface area contributed by atoms with Crippen LogP contribution in [0.25, 0.3) is 0 Å². The summed E-state index contributed by atoms with van der Waals surface area (Å²) in [6.45, 7) is 6.32. The van der Waals surface area contributed by atoms with Gasteiger partial charge in [-0.2, -0.15) is 5.26 Å². The van der Waals surface area contributed by atoms with Gasteiger partial charge in [0.05, 0.1) is 12.2 Å². The van der Waals surface area contributed by atoms with Crippen molar-refractivity contribution < 1.29 is 14.6 Å². The van der Waals surface area contributed by atoms with Crippen LogP contribution in [0.5, 0.6) is 11.6 Å². The van der Waals surface area contributed by atoms with Gasteiger partial charge >= 0.3 is 0 Å². The Hall–Kier alpha value is -3.07. The Morgan fingerprint density at radius 2 is 2.00 bits per heavy atom. The van der Waals surface area contributed by atoms with Crippen molar-refractivity contribution >= 4 is 5.78 Å². The summed E-state index contributed by atoms with van der Waals surface area (Å²) in [4.78, 5) is 25.7. The monoisotopic (exact) mass is 382 g/mol. The second kappa shape index (κ2) is 9.75. The molecule has 0 amide bonds. The summed E-state index contributed by atoms with van der Waals surface area (Å²) < 4.78 is 6.70. The van der Waals surface area contributed by atoms with E-state index in [2.05, 4.69) is 0 Å². The molecule has 1 N–H and O–H groups in total. The second-order valence-corrected chi connectivity index (χ2v) is 6.68. The van der Waals surface area contributed by atoms with Crippen LogP contribution in [0, 0.1) is 18.3 Å². The lowest BCUT2D eigenvalue weighted by Crippen LogP contribution is -2.27. The summed E-state index contributed by atoms with van der Waals surface area (Å²) in [5, 5.41) is 20.1. The van der Waals surface area contributed by atoms with E-state index in [-0.39, 0.29) is 29.1 Å². The maximum absolute atomic E-state index is 13.1. The molecule has 1 aromatic heterocycles. The molecule has 28 heavy (non-hydrogen) atoms. The molecule has 2 rings (SSSR count). The van der Waals surface area contributed by atoms with E-state index in [9.17, 15) is 20.0 Å². The zero-order valence-corrected chi connectivity index (χ0v) is 16.6. The summed E-state index contributed by atoms with van der Waals surface area (Å²) in [6.07, 6.45) is 3.34. The minimum Gasteiger partial charge on any atom is -0.494 e.